The number of aliphatic hydroxyl groups excluding tert-OH is 1. The van der Waals surface area contributed by atoms with Gasteiger partial charge in [-0.05, 0) is 36.5 Å². The van der Waals surface area contributed by atoms with Crippen LogP contribution in [0, 0.1) is 5.92 Å². The molecule has 1 aliphatic rings. The van der Waals surface area contributed by atoms with E-state index in [0.29, 0.717) is 19.6 Å². The van der Waals surface area contributed by atoms with E-state index in [9.17, 15) is 14.7 Å². The maximum Gasteiger partial charge on any atom is 0.290 e. The molecule has 0 saturated carbocycles. The summed E-state index contributed by atoms with van der Waals surface area (Å²) in [4.78, 5) is 26.8. The average Bonchev–Trinajstić information content (AvgIpc) is 2.85. The average molecular weight is 359 g/mol. The fourth-order valence-corrected chi connectivity index (χ4v) is 3.20. The van der Waals surface area contributed by atoms with Crippen LogP contribution >= 0.6 is 0 Å². The number of rotatable bonds is 9. The van der Waals surface area contributed by atoms with Crippen LogP contribution < -0.4 is 4.74 Å². The van der Waals surface area contributed by atoms with Crippen LogP contribution in [-0.2, 0) is 9.59 Å². The molecule has 1 aliphatic heterocycles. The Morgan fingerprint density at radius 2 is 1.85 bits per heavy atom. The van der Waals surface area contributed by atoms with E-state index in [1.54, 1.807) is 4.90 Å². The second-order valence-electron chi connectivity index (χ2n) is 7.10. The zero-order chi connectivity index (χ0) is 19.3. The highest BCUT2D eigenvalue weighted by atomic mass is 16.5. The number of amides is 1. The molecule has 142 valence electrons. The van der Waals surface area contributed by atoms with Crippen LogP contribution in [0.3, 0.4) is 0 Å². The summed E-state index contributed by atoms with van der Waals surface area (Å²) in [6, 6.07) is 6.90. The summed E-state index contributed by atoms with van der Waals surface area (Å²) < 4.78 is 5.61. The van der Waals surface area contributed by atoms with Gasteiger partial charge < -0.3 is 14.7 Å². The first-order chi connectivity index (χ1) is 12.4. The van der Waals surface area contributed by atoms with Gasteiger partial charge in [-0.25, -0.2) is 0 Å². The molecule has 2 rings (SSSR count). The van der Waals surface area contributed by atoms with Crippen molar-refractivity contribution < 1.29 is 19.4 Å². The standard InChI is InChI=1S/C21H29NO4/c1-5-11-22-19(15-7-9-16(10-8-15)26-12-6-2)18(20(24)21(22)25)17(23)13-14(3)4/h7-10,14,19,24H,5-6,11-13H2,1-4H3. The van der Waals surface area contributed by atoms with Crippen molar-refractivity contribution in [1.82, 2.24) is 4.90 Å². The molecule has 1 atom stereocenters. The highest BCUT2D eigenvalue weighted by molar-refractivity contribution is 6.09. The highest BCUT2D eigenvalue weighted by Gasteiger charge is 2.42. The van der Waals surface area contributed by atoms with Crippen LogP contribution in [0.4, 0.5) is 0 Å². The maximum absolute atomic E-state index is 12.7. The lowest BCUT2D eigenvalue weighted by Crippen LogP contribution is -2.31. The second kappa shape index (κ2) is 8.88. The van der Waals surface area contributed by atoms with E-state index in [0.717, 1.165) is 24.2 Å². The molecule has 0 radical (unpaired) electrons. The number of Topliss-reactive ketones (excluding diaryl/α,β-unsaturated/α-hetero) is 1. The SMILES string of the molecule is CCCOc1ccc(C2C(C(=O)CC(C)C)=C(O)C(=O)N2CCC)cc1. The van der Waals surface area contributed by atoms with Gasteiger partial charge in [0.15, 0.2) is 11.5 Å². The van der Waals surface area contributed by atoms with Gasteiger partial charge in [-0.2, -0.15) is 0 Å². The minimum atomic E-state index is -0.533. The normalized spacial score (nSPS) is 17.3. The van der Waals surface area contributed by atoms with Crippen LogP contribution in [0.15, 0.2) is 35.6 Å². The van der Waals surface area contributed by atoms with E-state index >= 15 is 0 Å². The predicted molar refractivity (Wildman–Crippen MR) is 101 cm³/mol. The third-order valence-electron chi connectivity index (χ3n) is 4.33. The lowest BCUT2D eigenvalue weighted by Gasteiger charge is -2.26. The van der Waals surface area contributed by atoms with Gasteiger partial charge in [-0.15, -0.1) is 0 Å². The molecule has 1 heterocycles. The molecule has 0 saturated heterocycles. The molecule has 1 aromatic rings. The van der Waals surface area contributed by atoms with Gasteiger partial charge in [0, 0.05) is 13.0 Å². The second-order valence-corrected chi connectivity index (χ2v) is 7.10. The zero-order valence-corrected chi connectivity index (χ0v) is 16.1. The Kier molecular flexibility index (Phi) is 6.83. The lowest BCUT2D eigenvalue weighted by molar-refractivity contribution is -0.129. The third-order valence-corrected chi connectivity index (χ3v) is 4.33. The van der Waals surface area contributed by atoms with E-state index in [-0.39, 0.29) is 17.3 Å². The number of carbonyl (C=O) groups is 2. The van der Waals surface area contributed by atoms with Crippen molar-refractivity contribution in [2.45, 2.75) is 53.0 Å². The summed E-state index contributed by atoms with van der Waals surface area (Å²) in [6.45, 7) is 9.04. The number of ether oxygens (including phenoxy) is 1. The van der Waals surface area contributed by atoms with Crippen LogP contribution in [0.25, 0.3) is 0 Å². The molecule has 0 spiro atoms. The monoisotopic (exact) mass is 359 g/mol. The van der Waals surface area contributed by atoms with E-state index in [1.807, 2.05) is 52.0 Å². The Labute approximate surface area is 155 Å². The van der Waals surface area contributed by atoms with Crippen LogP contribution in [0.5, 0.6) is 5.75 Å². The van der Waals surface area contributed by atoms with Crippen molar-refractivity contribution in [3.8, 4) is 5.75 Å². The van der Waals surface area contributed by atoms with Crippen molar-refractivity contribution in [2.75, 3.05) is 13.2 Å². The summed E-state index contributed by atoms with van der Waals surface area (Å²) in [5.74, 6) is -0.120. The van der Waals surface area contributed by atoms with Gasteiger partial charge in [0.2, 0.25) is 0 Å². The molecule has 1 amide bonds. The number of hydrogen-bond acceptors (Lipinski definition) is 4. The van der Waals surface area contributed by atoms with Crippen LogP contribution in [0.1, 0.15) is 58.6 Å². The Morgan fingerprint density at radius 1 is 1.19 bits per heavy atom. The van der Waals surface area contributed by atoms with Crippen molar-refractivity contribution in [3.05, 3.63) is 41.2 Å². The zero-order valence-electron chi connectivity index (χ0n) is 16.1. The Bertz CT molecular complexity index is 676. The first-order valence-electron chi connectivity index (χ1n) is 9.40. The first kappa shape index (κ1) is 20.0. The molecule has 0 aliphatic carbocycles. The van der Waals surface area contributed by atoms with Crippen molar-refractivity contribution in [3.63, 3.8) is 0 Å². The largest absolute Gasteiger partial charge is 0.503 e. The summed E-state index contributed by atoms with van der Waals surface area (Å²) in [5, 5.41) is 10.4. The van der Waals surface area contributed by atoms with Gasteiger partial charge in [0.1, 0.15) is 5.75 Å². The molecule has 0 aromatic heterocycles. The van der Waals surface area contributed by atoms with E-state index in [1.165, 1.54) is 0 Å². The van der Waals surface area contributed by atoms with E-state index in [2.05, 4.69) is 0 Å². The Hall–Kier alpha value is -2.30. The van der Waals surface area contributed by atoms with Crippen LogP contribution in [0.2, 0.25) is 0 Å². The number of hydrogen-bond donors (Lipinski definition) is 1. The molecule has 1 N–H and O–H groups in total. The molecule has 1 aromatic carbocycles. The van der Waals surface area contributed by atoms with Gasteiger partial charge in [-0.3, -0.25) is 9.59 Å². The van der Waals surface area contributed by atoms with Gasteiger partial charge in [0.25, 0.3) is 5.91 Å². The fraction of sp³-hybridized carbons (Fsp3) is 0.524. The van der Waals surface area contributed by atoms with Crippen molar-refractivity contribution in [2.24, 2.45) is 5.92 Å². The summed E-state index contributed by atoms with van der Waals surface area (Å²) >= 11 is 0. The Balaban J connectivity index is 2.38. The fourth-order valence-electron chi connectivity index (χ4n) is 3.20. The van der Waals surface area contributed by atoms with Gasteiger partial charge in [-0.1, -0.05) is 39.8 Å². The number of nitrogens with zero attached hydrogens (tertiary/aromatic N) is 1. The smallest absolute Gasteiger partial charge is 0.290 e. The molecule has 5 heteroatoms. The minimum Gasteiger partial charge on any atom is -0.503 e. The molecule has 0 bridgehead atoms. The van der Waals surface area contributed by atoms with Crippen LogP contribution in [-0.4, -0.2) is 34.8 Å². The van der Waals surface area contributed by atoms with E-state index in [4.69, 9.17) is 4.74 Å². The van der Waals surface area contributed by atoms with Crippen molar-refractivity contribution in [1.29, 1.82) is 0 Å². The molecular weight excluding hydrogens is 330 g/mol. The molecule has 5 nitrogen and oxygen atoms in total. The van der Waals surface area contributed by atoms with E-state index < -0.39 is 17.7 Å². The number of aliphatic hydroxyl groups is 1. The quantitative estimate of drug-likeness (QED) is 0.718. The molecular formula is C21H29NO4. The minimum absolute atomic E-state index is 0.156. The first-order valence-corrected chi connectivity index (χ1v) is 9.40. The van der Waals surface area contributed by atoms with Crippen molar-refractivity contribution >= 4 is 11.7 Å². The van der Waals surface area contributed by atoms with Gasteiger partial charge in [0.05, 0.1) is 18.2 Å². The predicted octanol–water partition coefficient (Wildman–Crippen LogP) is 4.20. The third kappa shape index (κ3) is 4.26. The molecule has 26 heavy (non-hydrogen) atoms. The number of benzene rings is 1. The lowest BCUT2D eigenvalue weighted by atomic mass is 9.92. The van der Waals surface area contributed by atoms with Gasteiger partial charge >= 0.3 is 0 Å². The molecule has 0 fully saturated rings. The topological polar surface area (TPSA) is 66.8 Å². The molecule has 1 unspecified atom stereocenters. The Morgan fingerprint density at radius 3 is 2.38 bits per heavy atom. The number of carbonyl (C=O) groups excluding carboxylic acids is 2. The highest BCUT2D eigenvalue weighted by Crippen LogP contribution is 2.39. The summed E-state index contributed by atoms with van der Waals surface area (Å²) in [6.07, 6.45) is 1.98. The summed E-state index contributed by atoms with van der Waals surface area (Å²) in [7, 11) is 0. The summed E-state index contributed by atoms with van der Waals surface area (Å²) in [5.41, 5.74) is 1.03. The maximum atomic E-state index is 12.7. The number of ketones is 1.